The molecule has 294 valence electrons. The van der Waals surface area contributed by atoms with Gasteiger partial charge in [-0.1, -0.05) is 163 Å². The minimum atomic E-state index is -1.25. The van der Waals surface area contributed by atoms with E-state index in [0.29, 0.717) is 13.7 Å². The lowest BCUT2D eigenvalue weighted by molar-refractivity contribution is 1.16. The lowest BCUT2D eigenvalue weighted by Crippen LogP contribution is -1.98. The first kappa shape index (κ1) is 14.1. The highest BCUT2D eigenvalue weighted by Gasteiger charge is 2.19. The molecule has 0 aliphatic rings. The Morgan fingerprint density at radius 2 is 0.683 bits per heavy atom. The third-order valence-electron chi connectivity index (χ3n) is 10.2. The second-order valence-electron chi connectivity index (χ2n) is 13.5. The number of rotatable bonds is 6. The number of hydrogen-bond donors (Lipinski definition) is 0. The Morgan fingerprint density at radius 1 is 0.238 bits per heavy atom. The van der Waals surface area contributed by atoms with Crippen molar-refractivity contribution in [2.75, 3.05) is 0 Å². The van der Waals surface area contributed by atoms with Crippen LogP contribution in [0, 0.1) is 0 Å². The number of fused-ring (bicyclic) bond motifs is 9. The fourth-order valence-electron chi connectivity index (χ4n) is 7.51. The SMILES string of the molecule is [2H]c1c([2H])c([2H])c(-c2c([2H])c([2H])c([2H])c(-c3c([2H])c([2H])c(-n4c5c([2H])c([2H])c([2H])c([2H])c5c5c([2H])c(-n6c7c([2H])c([2H])c([2H])c([2H])c7c7c([2H])c([2H])c(-c8c([2H])c([2H])c([2H])c([2H])c8-n8c9c([2H])c([2H])c([2H])c([2H])c9c9c([2H])c([2H])c([2H])c([2H])c98)c([2H])c76)c([2H])c([2H])c54)c([2H])c3[2H])c2[2H])c([2H])c1[2H]. The zero-order valence-corrected chi connectivity index (χ0v) is 31.3. The molecule has 0 N–H and O–H groups in total. The molecule has 10 aromatic carbocycles. The van der Waals surface area contributed by atoms with Crippen molar-refractivity contribution in [1.82, 2.24) is 13.7 Å². The second kappa shape index (κ2) is 14.1. The summed E-state index contributed by atoms with van der Waals surface area (Å²) >= 11 is 0. The molecule has 0 bridgehead atoms. The van der Waals surface area contributed by atoms with E-state index in [9.17, 15) is 26.0 Å². The van der Waals surface area contributed by atoms with E-state index in [1.807, 2.05) is 0 Å². The summed E-state index contributed by atoms with van der Waals surface area (Å²) in [6, 6.07) is -41.3. The molecule has 13 aromatic rings. The zero-order chi connectivity index (χ0) is 75.4. The van der Waals surface area contributed by atoms with Crippen LogP contribution in [0.4, 0.5) is 0 Å². The van der Waals surface area contributed by atoms with Gasteiger partial charge in [0.1, 0.15) is 0 Å². The molecule has 0 radical (unpaired) electrons. The number of benzene rings is 10. The van der Waals surface area contributed by atoms with E-state index in [2.05, 4.69) is 0 Å². The first-order chi connectivity index (χ1) is 47.5. The molecule has 3 heteroatoms. The Bertz CT molecular complexity index is 6100. The normalized spacial score (nSPS) is 20.5. The van der Waals surface area contributed by atoms with Crippen molar-refractivity contribution in [3.63, 3.8) is 0 Å². The molecule has 0 aliphatic heterocycles. The van der Waals surface area contributed by atoms with E-state index in [-0.39, 0.29) is 0 Å². The van der Waals surface area contributed by atoms with Gasteiger partial charge in [-0.05, 0) is 100 Å². The average molecular weight is 841 g/mol. The summed E-state index contributed by atoms with van der Waals surface area (Å²) in [4.78, 5) is 0. The van der Waals surface area contributed by atoms with Crippen molar-refractivity contribution in [3.8, 4) is 50.4 Å². The average Bonchev–Trinajstić information content (AvgIpc) is 1.52. The quantitative estimate of drug-likeness (QED) is 0.158. The largest absolute Gasteiger partial charge is 0.309 e. The molecule has 0 saturated heterocycles. The Hall–Kier alpha value is -8.40. The Labute approximate surface area is 419 Å². The molecule has 0 spiro atoms. The second-order valence-corrected chi connectivity index (χ2v) is 13.5. The summed E-state index contributed by atoms with van der Waals surface area (Å²) in [6.45, 7) is 0. The standard InChI is InChI=1S/C60H39N3/c1-2-15-40(16-3-1)42-17-14-18-43(37-42)41-29-32-45(33-30-41)61-56-26-11-8-23-51(56)53-39-46(34-36-59(53)61)62-55-25-10-5-22-50(55)52-35-31-44(38-60(52)62)47-19-4-9-24-54(47)63-57-27-12-6-20-48(57)49-21-7-13-28-58(49)63/h1-39H/i1D,2D,3D,4D,5D,6D,7D,8D,9D,10D,11D,12D,13D,14D,15D,16D,17D,18D,19D,20D,21D,22D,23D,24D,25D,26D,27D,28D,29D,30D,31D,32D,33D,34D,35D,36D,37D,38D,39D. The van der Waals surface area contributed by atoms with E-state index >= 15 is 0 Å². The highest BCUT2D eigenvalue weighted by atomic mass is 15.0. The van der Waals surface area contributed by atoms with Gasteiger partial charge in [0, 0.05) is 49.3 Å². The molecule has 0 unspecified atom stereocenters. The summed E-state index contributed by atoms with van der Waals surface area (Å²) in [7, 11) is 0. The van der Waals surface area contributed by atoms with E-state index in [0.717, 1.165) is 0 Å². The fraction of sp³-hybridized carbons (Fsp3) is 0. The Kier molecular flexibility index (Phi) is 3.15. The third-order valence-corrected chi connectivity index (χ3v) is 10.2. The van der Waals surface area contributed by atoms with Gasteiger partial charge in [0.2, 0.25) is 0 Å². The Balaban J connectivity index is 1.20. The maximum absolute atomic E-state index is 10.4. The highest BCUT2D eigenvalue weighted by Crippen LogP contribution is 2.41. The van der Waals surface area contributed by atoms with Gasteiger partial charge in [-0.2, -0.15) is 0 Å². The molecule has 0 saturated carbocycles. The summed E-state index contributed by atoms with van der Waals surface area (Å²) in [6.07, 6.45) is 0. The molecule has 3 heterocycles. The zero-order valence-electron chi connectivity index (χ0n) is 70.3. The number of hydrogen-bond acceptors (Lipinski definition) is 0. The van der Waals surface area contributed by atoms with Gasteiger partial charge >= 0.3 is 0 Å². The van der Waals surface area contributed by atoms with Crippen LogP contribution in [0.25, 0.3) is 116 Å². The maximum Gasteiger partial charge on any atom is 0.0652 e. The number of aromatic nitrogens is 3. The molecule has 0 fully saturated rings. The van der Waals surface area contributed by atoms with Crippen LogP contribution in [0.5, 0.6) is 0 Å². The van der Waals surface area contributed by atoms with Crippen molar-refractivity contribution in [1.29, 1.82) is 0 Å². The monoisotopic (exact) mass is 841 g/mol. The first-order valence-electron chi connectivity index (χ1n) is 38.0. The summed E-state index contributed by atoms with van der Waals surface area (Å²) in [5, 5.41) is -4.27. The van der Waals surface area contributed by atoms with Crippen molar-refractivity contribution in [2.45, 2.75) is 0 Å². The molecule has 63 heavy (non-hydrogen) atoms. The van der Waals surface area contributed by atoms with Crippen molar-refractivity contribution in [3.05, 3.63) is 236 Å². The van der Waals surface area contributed by atoms with E-state index in [1.54, 1.807) is 0 Å². The van der Waals surface area contributed by atoms with Crippen LogP contribution in [0.3, 0.4) is 0 Å². The number of nitrogens with zero attached hydrogens (tertiary/aromatic N) is 3. The van der Waals surface area contributed by atoms with E-state index in [4.69, 9.17) is 27.4 Å². The first-order valence-corrected chi connectivity index (χ1v) is 18.5. The minimum Gasteiger partial charge on any atom is -0.309 e. The predicted octanol–water partition coefficient (Wildman–Crippen LogP) is 16.0. The van der Waals surface area contributed by atoms with Gasteiger partial charge < -0.3 is 13.7 Å². The van der Waals surface area contributed by atoms with Crippen molar-refractivity contribution >= 4 is 65.4 Å². The molecule has 3 aromatic heterocycles. The van der Waals surface area contributed by atoms with Crippen LogP contribution in [-0.4, -0.2) is 13.7 Å². The summed E-state index contributed by atoms with van der Waals surface area (Å²) in [5.74, 6) is 0. The summed E-state index contributed by atoms with van der Waals surface area (Å²) < 4.78 is 360. The van der Waals surface area contributed by atoms with Gasteiger partial charge in [0.25, 0.3) is 0 Å². The van der Waals surface area contributed by atoms with Crippen LogP contribution in [0.2, 0.25) is 0 Å². The van der Waals surface area contributed by atoms with Gasteiger partial charge in [0.15, 0.2) is 0 Å². The van der Waals surface area contributed by atoms with Gasteiger partial charge in [-0.15, -0.1) is 0 Å². The lowest BCUT2D eigenvalue weighted by atomic mass is 9.99. The van der Waals surface area contributed by atoms with Crippen LogP contribution in [-0.2, 0) is 0 Å². The van der Waals surface area contributed by atoms with Gasteiger partial charge in [-0.3, -0.25) is 0 Å². The fourth-order valence-corrected chi connectivity index (χ4v) is 7.51. The number of para-hydroxylation sites is 5. The molecule has 0 amide bonds. The van der Waals surface area contributed by atoms with Crippen molar-refractivity contribution in [2.24, 2.45) is 0 Å². The Morgan fingerprint density at radius 3 is 1.33 bits per heavy atom. The van der Waals surface area contributed by atoms with Crippen LogP contribution < -0.4 is 0 Å². The summed E-state index contributed by atoms with van der Waals surface area (Å²) in [5.41, 5.74) is -13.5. The van der Waals surface area contributed by atoms with Crippen LogP contribution in [0.1, 0.15) is 53.5 Å². The molecule has 13 rings (SSSR count). The van der Waals surface area contributed by atoms with E-state index in [1.165, 1.54) is 0 Å². The maximum atomic E-state index is 10.4. The molecule has 0 atom stereocenters. The lowest BCUT2D eigenvalue weighted by Gasteiger charge is -2.15. The molecular formula is C60H39N3. The van der Waals surface area contributed by atoms with E-state index < -0.39 is 352 Å². The van der Waals surface area contributed by atoms with Gasteiger partial charge in [-0.25, -0.2) is 0 Å². The topological polar surface area (TPSA) is 14.8 Å². The van der Waals surface area contributed by atoms with Crippen LogP contribution >= 0.6 is 0 Å². The predicted molar refractivity (Wildman–Crippen MR) is 266 cm³/mol. The molecule has 3 nitrogen and oxygen atoms in total. The van der Waals surface area contributed by atoms with Gasteiger partial charge in [0.05, 0.1) is 92.2 Å². The molecular weight excluding hydrogens is 763 g/mol. The molecule has 0 aliphatic carbocycles. The van der Waals surface area contributed by atoms with Crippen molar-refractivity contribution < 1.29 is 53.5 Å². The van der Waals surface area contributed by atoms with Crippen LogP contribution in [0.15, 0.2) is 236 Å². The highest BCUT2D eigenvalue weighted by molar-refractivity contribution is 6.13. The smallest absolute Gasteiger partial charge is 0.0652 e. The minimum absolute atomic E-state index is 0.583. The third kappa shape index (κ3) is 5.53.